The number of non-ortho nitro benzene ring substituents is 1. The Morgan fingerprint density at radius 2 is 1.84 bits per heavy atom. The number of benzene rings is 2. The molecule has 0 aliphatic carbocycles. The predicted molar refractivity (Wildman–Crippen MR) is 75.8 cm³/mol. The molecule has 4 heteroatoms. The Bertz CT molecular complexity index is 579. The van der Waals surface area contributed by atoms with Gasteiger partial charge in [-0.1, -0.05) is 43.3 Å². The molecule has 0 amide bonds. The molecular formula is C15H16N2O2. The van der Waals surface area contributed by atoms with E-state index in [0.29, 0.717) is 0 Å². The fourth-order valence-electron chi connectivity index (χ4n) is 1.96. The Labute approximate surface area is 112 Å². The van der Waals surface area contributed by atoms with Crippen LogP contribution in [0.25, 0.3) is 11.1 Å². The largest absolute Gasteiger partial charge is 0.324 e. The molecule has 2 aromatic rings. The molecule has 0 saturated heterocycles. The molecule has 0 heterocycles. The summed E-state index contributed by atoms with van der Waals surface area (Å²) >= 11 is 0. The van der Waals surface area contributed by atoms with Crippen LogP contribution in [0.4, 0.5) is 5.69 Å². The highest BCUT2D eigenvalue weighted by Gasteiger charge is 2.08. The summed E-state index contributed by atoms with van der Waals surface area (Å²) in [6.07, 6.45) is 0.885. The average molecular weight is 256 g/mol. The minimum atomic E-state index is -0.384. The van der Waals surface area contributed by atoms with E-state index in [9.17, 15) is 10.1 Å². The highest BCUT2D eigenvalue weighted by Crippen LogP contribution is 2.25. The smallest absolute Gasteiger partial charge is 0.270 e. The van der Waals surface area contributed by atoms with Crippen molar-refractivity contribution >= 4 is 5.69 Å². The third-order valence-electron chi connectivity index (χ3n) is 3.17. The van der Waals surface area contributed by atoms with Crippen molar-refractivity contribution in [3.8, 4) is 11.1 Å². The van der Waals surface area contributed by atoms with Crippen LogP contribution in [0.3, 0.4) is 0 Å². The van der Waals surface area contributed by atoms with E-state index in [1.165, 1.54) is 6.07 Å². The van der Waals surface area contributed by atoms with E-state index in [1.54, 1.807) is 12.1 Å². The first kappa shape index (κ1) is 13.2. The van der Waals surface area contributed by atoms with Crippen molar-refractivity contribution in [2.45, 2.75) is 19.4 Å². The fourth-order valence-corrected chi connectivity index (χ4v) is 1.96. The van der Waals surface area contributed by atoms with Crippen molar-refractivity contribution in [3.63, 3.8) is 0 Å². The molecule has 98 valence electrons. The molecule has 0 spiro atoms. The molecule has 0 fully saturated rings. The van der Waals surface area contributed by atoms with Crippen LogP contribution in [-0.2, 0) is 0 Å². The standard InChI is InChI=1S/C15H16N2O2/c1-2-15(16)12-8-6-11(7-9-12)13-4-3-5-14(10-13)17(18)19/h3-10,15H,2,16H2,1H3. The first-order valence-electron chi connectivity index (χ1n) is 6.22. The van der Waals surface area contributed by atoms with E-state index in [2.05, 4.69) is 0 Å². The monoisotopic (exact) mass is 256 g/mol. The summed E-state index contributed by atoms with van der Waals surface area (Å²) < 4.78 is 0. The second-order valence-corrected chi connectivity index (χ2v) is 4.44. The van der Waals surface area contributed by atoms with Gasteiger partial charge in [0.1, 0.15) is 0 Å². The van der Waals surface area contributed by atoms with Crippen LogP contribution in [0.1, 0.15) is 24.9 Å². The summed E-state index contributed by atoms with van der Waals surface area (Å²) in [5.41, 5.74) is 8.93. The van der Waals surface area contributed by atoms with Crippen LogP contribution in [0, 0.1) is 10.1 Å². The van der Waals surface area contributed by atoms with Gasteiger partial charge >= 0.3 is 0 Å². The second kappa shape index (κ2) is 5.63. The van der Waals surface area contributed by atoms with Crippen LogP contribution in [-0.4, -0.2) is 4.92 Å². The summed E-state index contributed by atoms with van der Waals surface area (Å²) in [5.74, 6) is 0. The van der Waals surface area contributed by atoms with Gasteiger partial charge < -0.3 is 5.73 Å². The van der Waals surface area contributed by atoms with Gasteiger partial charge in [-0.05, 0) is 23.1 Å². The van der Waals surface area contributed by atoms with Crippen molar-refractivity contribution < 1.29 is 4.92 Å². The molecule has 2 aromatic carbocycles. The molecule has 0 saturated carbocycles. The van der Waals surface area contributed by atoms with E-state index in [4.69, 9.17) is 5.73 Å². The normalized spacial score (nSPS) is 12.1. The maximum absolute atomic E-state index is 10.8. The molecule has 4 nitrogen and oxygen atoms in total. The van der Waals surface area contributed by atoms with E-state index in [0.717, 1.165) is 23.1 Å². The topological polar surface area (TPSA) is 69.2 Å². The zero-order valence-electron chi connectivity index (χ0n) is 10.7. The number of hydrogen-bond donors (Lipinski definition) is 1. The number of nitro benzene ring substituents is 1. The quantitative estimate of drug-likeness (QED) is 0.670. The molecule has 1 unspecified atom stereocenters. The van der Waals surface area contributed by atoms with E-state index in [-0.39, 0.29) is 16.7 Å². The zero-order valence-corrected chi connectivity index (χ0v) is 10.7. The number of nitrogens with two attached hydrogens (primary N) is 1. The summed E-state index contributed by atoms with van der Waals surface area (Å²) in [6, 6.07) is 14.5. The molecule has 0 aliphatic rings. The number of rotatable bonds is 4. The van der Waals surface area contributed by atoms with Crippen LogP contribution >= 0.6 is 0 Å². The lowest BCUT2D eigenvalue weighted by Crippen LogP contribution is -2.08. The molecule has 0 radical (unpaired) electrons. The average Bonchev–Trinajstić information content (AvgIpc) is 2.46. The Morgan fingerprint density at radius 3 is 2.42 bits per heavy atom. The molecule has 2 rings (SSSR count). The molecular weight excluding hydrogens is 240 g/mol. The van der Waals surface area contributed by atoms with Crippen molar-refractivity contribution in [3.05, 3.63) is 64.2 Å². The maximum Gasteiger partial charge on any atom is 0.270 e. The minimum absolute atomic E-state index is 0.0409. The first-order valence-corrected chi connectivity index (χ1v) is 6.22. The predicted octanol–water partition coefficient (Wildman–Crippen LogP) is 3.67. The molecule has 0 aromatic heterocycles. The first-order chi connectivity index (χ1) is 9.11. The summed E-state index contributed by atoms with van der Waals surface area (Å²) in [4.78, 5) is 10.4. The summed E-state index contributed by atoms with van der Waals surface area (Å²) in [7, 11) is 0. The van der Waals surface area contributed by atoms with Crippen LogP contribution in [0.15, 0.2) is 48.5 Å². The Balaban J connectivity index is 2.32. The lowest BCUT2D eigenvalue weighted by molar-refractivity contribution is -0.384. The number of nitrogens with zero attached hydrogens (tertiary/aromatic N) is 1. The SMILES string of the molecule is CCC(N)c1ccc(-c2cccc([N+](=O)[O-])c2)cc1. The van der Waals surface area contributed by atoms with Gasteiger partial charge in [0.2, 0.25) is 0 Å². The molecule has 1 atom stereocenters. The minimum Gasteiger partial charge on any atom is -0.324 e. The third kappa shape index (κ3) is 2.98. The molecule has 0 bridgehead atoms. The highest BCUT2D eigenvalue weighted by molar-refractivity contribution is 5.66. The van der Waals surface area contributed by atoms with E-state index >= 15 is 0 Å². The number of nitro groups is 1. The third-order valence-corrected chi connectivity index (χ3v) is 3.17. The van der Waals surface area contributed by atoms with Crippen molar-refractivity contribution in [2.75, 3.05) is 0 Å². The van der Waals surface area contributed by atoms with Gasteiger partial charge in [0.15, 0.2) is 0 Å². The number of hydrogen-bond acceptors (Lipinski definition) is 3. The van der Waals surface area contributed by atoms with Gasteiger partial charge in [-0.2, -0.15) is 0 Å². The van der Waals surface area contributed by atoms with Gasteiger partial charge in [-0.15, -0.1) is 0 Å². The lowest BCUT2D eigenvalue weighted by atomic mass is 10.00. The van der Waals surface area contributed by atoms with E-state index < -0.39 is 0 Å². The molecule has 0 aliphatic heterocycles. The van der Waals surface area contributed by atoms with Crippen LogP contribution < -0.4 is 5.73 Å². The van der Waals surface area contributed by atoms with Gasteiger partial charge in [-0.25, -0.2) is 0 Å². The van der Waals surface area contributed by atoms with E-state index in [1.807, 2.05) is 37.3 Å². The van der Waals surface area contributed by atoms with Gasteiger partial charge in [0.05, 0.1) is 4.92 Å². The maximum atomic E-state index is 10.8. The lowest BCUT2D eigenvalue weighted by Gasteiger charge is -2.10. The van der Waals surface area contributed by atoms with Crippen molar-refractivity contribution in [2.24, 2.45) is 5.73 Å². The molecule has 19 heavy (non-hydrogen) atoms. The van der Waals surface area contributed by atoms with Crippen molar-refractivity contribution in [1.29, 1.82) is 0 Å². The van der Waals surface area contributed by atoms with Crippen LogP contribution in [0.2, 0.25) is 0 Å². The zero-order chi connectivity index (χ0) is 13.8. The Morgan fingerprint density at radius 1 is 1.16 bits per heavy atom. The second-order valence-electron chi connectivity index (χ2n) is 4.44. The Kier molecular flexibility index (Phi) is 3.92. The van der Waals surface area contributed by atoms with Crippen LogP contribution in [0.5, 0.6) is 0 Å². The fraction of sp³-hybridized carbons (Fsp3) is 0.200. The van der Waals surface area contributed by atoms with Gasteiger partial charge in [0.25, 0.3) is 5.69 Å². The highest BCUT2D eigenvalue weighted by atomic mass is 16.6. The summed E-state index contributed by atoms with van der Waals surface area (Å²) in [5, 5.41) is 10.8. The van der Waals surface area contributed by atoms with Gasteiger partial charge in [-0.3, -0.25) is 10.1 Å². The summed E-state index contributed by atoms with van der Waals surface area (Å²) in [6.45, 7) is 2.04. The Hall–Kier alpha value is -2.20. The van der Waals surface area contributed by atoms with Gasteiger partial charge in [0, 0.05) is 18.2 Å². The van der Waals surface area contributed by atoms with Crippen molar-refractivity contribution in [1.82, 2.24) is 0 Å². The molecule has 2 N–H and O–H groups in total.